The molecular weight excluding hydrogens is 244 g/mol. The summed E-state index contributed by atoms with van der Waals surface area (Å²) in [6.07, 6.45) is 0.0438. The van der Waals surface area contributed by atoms with Gasteiger partial charge in [0.1, 0.15) is 12.1 Å². The third-order valence-corrected chi connectivity index (χ3v) is 1.63. The number of hydrogen-bond donors (Lipinski definition) is 6. The van der Waals surface area contributed by atoms with Crippen molar-refractivity contribution in [3.05, 3.63) is 0 Å². The van der Waals surface area contributed by atoms with Gasteiger partial charge in [-0.05, 0) is 12.8 Å². The van der Waals surface area contributed by atoms with Gasteiger partial charge in [0.05, 0.1) is 6.61 Å². The average molecular weight is 264 g/mol. The Morgan fingerprint density at radius 1 is 1.39 bits per heavy atom. The SMILES string of the molecule is NC(N)=NCCCC(N)C(=O)O.O=CC(O)CO. The highest BCUT2D eigenvalue weighted by molar-refractivity contribution is 5.75. The molecule has 0 aliphatic carbocycles. The van der Waals surface area contributed by atoms with Crippen molar-refractivity contribution in [1.82, 2.24) is 0 Å². The fraction of sp³-hybridized carbons (Fsp3) is 0.667. The molecule has 0 spiro atoms. The monoisotopic (exact) mass is 264 g/mol. The van der Waals surface area contributed by atoms with E-state index < -0.39 is 24.7 Å². The van der Waals surface area contributed by atoms with Gasteiger partial charge in [-0.3, -0.25) is 9.79 Å². The molecule has 9 heteroatoms. The van der Waals surface area contributed by atoms with Gasteiger partial charge < -0.3 is 37.3 Å². The summed E-state index contributed by atoms with van der Waals surface area (Å²) in [7, 11) is 0. The summed E-state index contributed by atoms with van der Waals surface area (Å²) in [6.45, 7) is -0.0627. The second-order valence-electron chi connectivity index (χ2n) is 3.28. The van der Waals surface area contributed by atoms with Crippen molar-refractivity contribution < 1.29 is 24.9 Å². The molecule has 0 aromatic rings. The highest BCUT2D eigenvalue weighted by Crippen LogP contribution is 1.94. The van der Waals surface area contributed by atoms with Crippen molar-refractivity contribution in [1.29, 1.82) is 0 Å². The molecular formula is C9H20N4O5. The first-order valence-electron chi connectivity index (χ1n) is 5.13. The van der Waals surface area contributed by atoms with Crippen LogP contribution < -0.4 is 17.2 Å². The molecule has 0 fully saturated rings. The van der Waals surface area contributed by atoms with Gasteiger partial charge in [0.25, 0.3) is 0 Å². The predicted octanol–water partition coefficient (Wildman–Crippen LogP) is -3.01. The Kier molecular flexibility index (Phi) is 12.2. The Balaban J connectivity index is 0. The second-order valence-corrected chi connectivity index (χ2v) is 3.28. The number of hydrogen-bond acceptors (Lipinski definition) is 6. The Hall–Kier alpha value is -1.71. The fourth-order valence-corrected chi connectivity index (χ4v) is 0.686. The van der Waals surface area contributed by atoms with Crippen LogP contribution in [0.15, 0.2) is 4.99 Å². The number of nitrogens with two attached hydrogens (primary N) is 3. The minimum absolute atomic E-state index is 0.0129. The highest BCUT2D eigenvalue weighted by atomic mass is 16.4. The van der Waals surface area contributed by atoms with E-state index in [2.05, 4.69) is 4.99 Å². The van der Waals surface area contributed by atoms with E-state index in [9.17, 15) is 9.59 Å². The van der Waals surface area contributed by atoms with Crippen LogP contribution in [-0.4, -0.2) is 58.8 Å². The molecule has 2 atom stereocenters. The van der Waals surface area contributed by atoms with Crippen LogP contribution in [0, 0.1) is 0 Å². The predicted molar refractivity (Wildman–Crippen MR) is 64.7 cm³/mol. The number of carbonyl (C=O) groups excluding carboxylic acids is 1. The molecule has 106 valence electrons. The average Bonchev–Trinajstić information content (AvgIpc) is 2.33. The fourth-order valence-electron chi connectivity index (χ4n) is 0.686. The summed E-state index contributed by atoms with van der Waals surface area (Å²) in [4.78, 5) is 23.2. The van der Waals surface area contributed by atoms with E-state index in [-0.39, 0.29) is 12.2 Å². The van der Waals surface area contributed by atoms with Crippen molar-refractivity contribution in [2.24, 2.45) is 22.2 Å². The van der Waals surface area contributed by atoms with Crippen molar-refractivity contribution in [2.75, 3.05) is 13.2 Å². The van der Waals surface area contributed by atoms with Crippen LogP contribution in [-0.2, 0) is 9.59 Å². The normalized spacial score (nSPS) is 12.6. The van der Waals surface area contributed by atoms with Gasteiger partial charge >= 0.3 is 5.97 Å². The van der Waals surface area contributed by atoms with Crippen molar-refractivity contribution in [3.63, 3.8) is 0 Å². The summed E-state index contributed by atoms with van der Waals surface area (Å²) in [5, 5.41) is 24.3. The Morgan fingerprint density at radius 3 is 2.22 bits per heavy atom. The third kappa shape index (κ3) is 14.3. The number of aliphatic hydroxyl groups is 2. The Labute approximate surface area is 104 Å². The second kappa shape index (κ2) is 11.8. The number of aliphatic imine (C=N–C) groups is 1. The molecule has 2 unspecified atom stereocenters. The van der Waals surface area contributed by atoms with E-state index in [4.69, 9.17) is 32.5 Å². The number of carboxylic acids is 1. The van der Waals surface area contributed by atoms with E-state index in [1.807, 2.05) is 0 Å². The largest absolute Gasteiger partial charge is 0.480 e. The molecule has 0 rings (SSSR count). The van der Waals surface area contributed by atoms with E-state index in [0.717, 1.165) is 0 Å². The molecule has 0 aromatic carbocycles. The molecule has 0 saturated heterocycles. The molecule has 9 N–H and O–H groups in total. The van der Waals surface area contributed by atoms with Gasteiger partial charge in [-0.1, -0.05) is 0 Å². The first kappa shape index (κ1) is 18.6. The van der Waals surface area contributed by atoms with Crippen molar-refractivity contribution >= 4 is 18.2 Å². The van der Waals surface area contributed by atoms with Gasteiger partial charge in [0.15, 0.2) is 12.2 Å². The zero-order valence-electron chi connectivity index (χ0n) is 9.90. The number of carbonyl (C=O) groups is 2. The third-order valence-electron chi connectivity index (χ3n) is 1.63. The van der Waals surface area contributed by atoms with Crippen LogP contribution in [0.2, 0.25) is 0 Å². The summed E-state index contributed by atoms with van der Waals surface area (Å²) in [6, 6.07) is -0.820. The molecule has 0 amide bonds. The maximum absolute atomic E-state index is 10.2. The lowest BCUT2D eigenvalue weighted by atomic mass is 10.2. The molecule has 0 radical (unpaired) electrons. The van der Waals surface area contributed by atoms with Crippen molar-refractivity contribution in [2.45, 2.75) is 25.0 Å². The van der Waals surface area contributed by atoms with Gasteiger partial charge in [-0.15, -0.1) is 0 Å². The van der Waals surface area contributed by atoms with E-state index in [1.165, 1.54) is 0 Å². The van der Waals surface area contributed by atoms with Crippen LogP contribution in [0.1, 0.15) is 12.8 Å². The summed E-state index contributed by atoms with van der Waals surface area (Å²) in [5.41, 5.74) is 15.3. The number of nitrogens with zero attached hydrogens (tertiary/aromatic N) is 1. The van der Waals surface area contributed by atoms with Crippen LogP contribution in [0.3, 0.4) is 0 Å². The number of guanidine groups is 1. The van der Waals surface area contributed by atoms with Gasteiger partial charge in [0.2, 0.25) is 0 Å². The number of rotatable bonds is 7. The van der Waals surface area contributed by atoms with Crippen LogP contribution in [0.5, 0.6) is 0 Å². The molecule has 0 aliphatic heterocycles. The van der Waals surface area contributed by atoms with E-state index in [1.54, 1.807) is 0 Å². The minimum Gasteiger partial charge on any atom is -0.480 e. The molecule has 0 saturated carbocycles. The first-order valence-corrected chi connectivity index (χ1v) is 5.13. The molecule has 0 aliphatic rings. The zero-order chi connectivity index (χ0) is 14.6. The summed E-state index contributed by atoms with van der Waals surface area (Å²) >= 11 is 0. The lowest BCUT2D eigenvalue weighted by molar-refractivity contribution is -0.138. The molecule has 0 bridgehead atoms. The van der Waals surface area contributed by atoms with Gasteiger partial charge in [0, 0.05) is 6.54 Å². The van der Waals surface area contributed by atoms with Gasteiger partial charge in [-0.25, -0.2) is 0 Å². The van der Waals surface area contributed by atoms with E-state index in [0.29, 0.717) is 19.4 Å². The lowest BCUT2D eigenvalue weighted by Gasteiger charge is -2.03. The van der Waals surface area contributed by atoms with Crippen LogP contribution in [0.4, 0.5) is 0 Å². The van der Waals surface area contributed by atoms with E-state index >= 15 is 0 Å². The standard InChI is InChI=1S/C6H14N4O2.C3H6O3/c7-4(5(11)12)2-1-3-10-6(8)9;4-1-3(6)2-5/h4H,1-3,7H2,(H,11,12)(H4,8,9,10);1,3,5-6H,2H2. The number of aldehydes is 1. The summed E-state index contributed by atoms with van der Waals surface area (Å²) < 4.78 is 0. The smallest absolute Gasteiger partial charge is 0.320 e. The zero-order valence-corrected chi connectivity index (χ0v) is 9.90. The molecule has 9 nitrogen and oxygen atoms in total. The maximum Gasteiger partial charge on any atom is 0.320 e. The lowest BCUT2D eigenvalue weighted by Crippen LogP contribution is -2.30. The molecule has 0 aromatic heterocycles. The van der Waals surface area contributed by atoms with Crippen LogP contribution in [0.25, 0.3) is 0 Å². The summed E-state index contributed by atoms with van der Waals surface area (Å²) in [5.74, 6) is -0.987. The van der Waals surface area contributed by atoms with Crippen molar-refractivity contribution in [3.8, 4) is 0 Å². The number of carboxylic acid groups (broad SMARTS) is 1. The number of aliphatic carboxylic acids is 1. The van der Waals surface area contributed by atoms with Crippen LogP contribution >= 0.6 is 0 Å². The Morgan fingerprint density at radius 2 is 1.94 bits per heavy atom. The van der Waals surface area contributed by atoms with Gasteiger partial charge in [-0.2, -0.15) is 0 Å². The quantitative estimate of drug-likeness (QED) is 0.121. The molecule has 18 heavy (non-hydrogen) atoms. The topological polar surface area (TPSA) is 185 Å². The Bertz CT molecular complexity index is 268. The first-order chi connectivity index (χ1) is 8.34. The molecule has 0 heterocycles. The number of aliphatic hydroxyl groups excluding tert-OH is 2. The maximum atomic E-state index is 10.2. The highest BCUT2D eigenvalue weighted by Gasteiger charge is 2.09. The minimum atomic E-state index is -1.19.